The Morgan fingerprint density at radius 1 is 0.842 bits per heavy atom. The van der Waals surface area contributed by atoms with E-state index in [2.05, 4.69) is 18.2 Å². The standard InChI is InChI=1S/C17H33NS/c1-3-5-6-7-8-9-10-11-12-13-14-18-15-17-19-16-4-2/h2,18H,3,5-17H2,1H3. The number of hydrogen-bond acceptors (Lipinski definition) is 2. The van der Waals surface area contributed by atoms with Gasteiger partial charge in [-0.15, -0.1) is 18.2 Å². The quantitative estimate of drug-likeness (QED) is 0.340. The van der Waals surface area contributed by atoms with Gasteiger partial charge >= 0.3 is 0 Å². The molecular weight excluding hydrogens is 250 g/mol. The molecule has 0 aromatic carbocycles. The van der Waals surface area contributed by atoms with E-state index >= 15 is 0 Å². The van der Waals surface area contributed by atoms with Crippen molar-refractivity contribution in [3.63, 3.8) is 0 Å². The largest absolute Gasteiger partial charge is 0.316 e. The maximum absolute atomic E-state index is 5.19. The van der Waals surface area contributed by atoms with Gasteiger partial charge in [-0.3, -0.25) is 0 Å². The maximum Gasteiger partial charge on any atom is 0.0545 e. The van der Waals surface area contributed by atoms with Crippen LogP contribution in [0.2, 0.25) is 0 Å². The predicted octanol–water partition coefficient (Wildman–Crippen LogP) is 4.86. The van der Waals surface area contributed by atoms with Gasteiger partial charge in [-0.1, -0.05) is 70.6 Å². The highest BCUT2D eigenvalue weighted by molar-refractivity contribution is 7.99. The van der Waals surface area contributed by atoms with Crippen molar-refractivity contribution in [1.82, 2.24) is 5.32 Å². The van der Waals surface area contributed by atoms with Gasteiger partial charge in [-0.05, 0) is 13.0 Å². The van der Waals surface area contributed by atoms with E-state index in [0.717, 1.165) is 18.1 Å². The monoisotopic (exact) mass is 283 g/mol. The molecule has 112 valence electrons. The lowest BCUT2D eigenvalue weighted by Crippen LogP contribution is -2.18. The average molecular weight is 284 g/mol. The second-order valence-corrected chi connectivity index (χ2v) is 6.29. The average Bonchev–Trinajstić information content (AvgIpc) is 2.43. The van der Waals surface area contributed by atoms with Crippen molar-refractivity contribution in [2.24, 2.45) is 0 Å². The Balaban J connectivity index is 2.90. The zero-order valence-corrected chi connectivity index (χ0v) is 13.7. The van der Waals surface area contributed by atoms with Crippen LogP contribution in [0, 0.1) is 12.3 Å². The molecule has 0 heterocycles. The molecule has 0 aliphatic carbocycles. The zero-order valence-electron chi connectivity index (χ0n) is 12.9. The number of hydrogen-bond donors (Lipinski definition) is 1. The molecule has 0 atom stereocenters. The summed E-state index contributed by atoms with van der Waals surface area (Å²) >= 11 is 1.84. The van der Waals surface area contributed by atoms with Crippen LogP contribution in [0.4, 0.5) is 0 Å². The maximum atomic E-state index is 5.19. The highest BCUT2D eigenvalue weighted by atomic mass is 32.2. The van der Waals surface area contributed by atoms with Crippen molar-refractivity contribution in [1.29, 1.82) is 0 Å². The van der Waals surface area contributed by atoms with Crippen molar-refractivity contribution >= 4 is 11.8 Å². The molecule has 1 N–H and O–H groups in total. The Morgan fingerprint density at radius 2 is 1.42 bits per heavy atom. The van der Waals surface area contributed by atoms with Crippen molar-refractivity contribution in [2.75, 3.05) is 24.6 Å². The van der Waals surface area contributed by atoms with Crippen LogP contribution < -0.4 is 5.32 Å². The fourth-order valence-electron chi connectivity index (χ4n) is 2.14. The second kappa shape index (κ2) is 17.9. The molecule has 0 amide bonds. The molecule has 0 aliphatic rings. The van der Waals surface area contributed by atoms with E-state index in [1.807, 2.05) is 11.8 Å². The fourth-order valence-corrected chi connectivity index (χ4v) is 2.69. The van der Waals surface area contributed by atoms with Crippen LogP contribution in [0.1, 0.15) is 71.1 Å². The Bertz CT molecular complexity index is 198. The first-order valence-corrected chi connectivity index (χ1v) is 9.29. The van der Waals surface area contributed by atoms with E-state index in [-0.39, 0.29) is 0 Å². The van der Waals surface area contributed by atoms with E-state index < -0.39 is 0 Å². The van der Waals surface area contributed by atoms with Gasteiger partial charge in [0.15, 0.2) is 0 Å². The molecule has 2 heteroatoms. The third-order valence-corrected chi connectivity index (χ3v) is 4.18. The van der Waals surface area contributed by atoms with Crippen LogP contribution in [0.5, 0.6) is 0 Å². The van der Waals surface area contributed by atoms with Gasteiger partial charge in [-0.25, -0.2) is 0 Å². The van der Waals surface area contributed by atoms with Crippen LogP contribution >= 0.6 is 11.8 Å². The molecule has 0 spiro atoms. The first-order chi connectivity index (χ1) is 9.41. The lowest BCUT2D eigenvalue weighted by Gasteiger charge is -2.04. The molecule has 0 saturated carbocycles. The normalized spacial score (nSPS) is 10.5. The lowest BCUT2D eigenvalue weighted by molar-refractivity contribution is 0.547. The minimum absolute atomic E-state index is 0.847. The van der Waals surface area contributed by atoms with Gasteiger partial charge in [0.1, 0.15) is 0 Å². The summed E-state index contributed by atoms with van der Waals surface area (Å²) in [5.74, 6) is 4.64. The summed E-state index contributed by atoms with van der Waals surface area (Å²) in [6.45, 7) is 4.55. The van der Waals surface area contributed by atoms with Crippen LogP contribution in [-0.2, 0) is 0 Å². The predicted molar refractivity (Wildman–Crippen MR) is 90.9 cm³/mol. The molecular formula is C17H33NS. The summed E-state index contributed by atoms with van der Waals surface area (Å²) in [6, 6.07) is 0. The first-order valence-electron chi connectivity index (χ1n) is 8.13. The SMILES string of the molecule is C#CCSCCNCCCCCCCCCCCC. The van der Waals surface area contributed by atoms with Crippen LogP contribution in [-0.4, -0.2) is 24.6 Å². The van der Waals surface area contributed by atoms with Crippen LogP contribution in [0.3, 0.4) is 0 Å². The molecule has 0 saturated heterocycles. The molecule has 0 aliphatic heterocycles. The van der Waals surface area contributed by atoms with E-state index in [9.17, 15) is 0 Å². The third kappa shape index (κ3) is 17.9. The van der Waals surface area contributed by atoms with Gasteiger partial charge in [0, 0.05) is 12.3 Å². The summed E-state index contributed by atoms with van der Waals surface area (Å²) in [6.07, 6.45) is 19.3. The topological polar surface area (TPSA) is 12.0 Å². The van der Waals surface area contributed by atoms with Gasteiger partial charge in [0.2, 0.25) is 0 Å². The number of thioether (sulfide) groups is 1. The van der Waals surface area contributed by atoms with Crippen molar-refractivity contribution in [3.05, 3.63) is 0 Å². The minimum atomic E-state index is 0.847. The summed E-state index contributed by atoms with van der Waals surface area (Å²) in [4.78, 5) is 0. The van der Waals surface area contributed by atoms with Gasteiger partial charge < -0.3 is 5.32 Å². The molecule has 19 heavy (non-hydrogen) atoms. The van der Waals surface area contributed by atoms with Crippen molar-refractivity contribution in [3.8, 4) is 12.3 Å². The number of rotatable bonds is 15. The Labute approximate surface area is 125 Å². The zero-order chi connectivity index (χ0) is 14.0. The molecule has 1 nitrogen and oxygen atoms in total. The summed E-state index contributed by atoms with van der Waals surface area (Å²) in [5.41, 5.74) is 0. The minimum Gasteiger partial charge on any atom is -0.316 e. The first kappa shape index (κ1) is 18.9. The van der Waals surface area contributed by atoms with E-state index in [0.29, 0.717) is 0 Å². The van der Waals surface area contributed by atoms with Crippen molar-refractivity contribution in [2.45, 2.75) is 71.1 Å². The summed E-state index contributed by atoms with van der Waals surface area (Å²) in [5, 5.41) is 3.48. The van der Waals surface area contributed by atoms with E-state index in [1.54, 1.807) is 0 Å². The molecule has 0 rings (SSSR count). The molecule has 0 bridgehead atoms. The summed E-state index contributed by atoms with van der Waals surface area (Å²) < 4.78 is 0. The Hall–Kier alpha value is -0.130. The Kier molecular flexibility index (Phi) is 17.7. The summed E-state index contributed by atoms with van der Waals surface area (Å²) in [7, 11) is 0. The van der Waals surface area contributed by atoms with Crippen molar-refractivity contribution < 1.29 is 0 Å². The number of terminal acetylenes is 1. The van der Waals surface area contributed by atoms with Crippen LogP contribution in [0.15, 0.2) is 0 Å². The van der Waals surface area contributed by atoms with E-state index in [4.69, 9.17) is 6.42 Å². The highest BCUT2D eigenvalue weighted by Crippen LogP contribution is 2.10. The number of unbranched alkanes of at least 4 members (excludes halogenated alkanes) is 9. The molecule has 0 aromatic heterocycles. The highest BCUT2D eigenvalue weighted by Gasteiger charge is 1.93. The van der Waals surface area contributed by atoms with Crippen LogP contribution in [0.25, 0.3) is 0 Å². The fraction of sp³-hybridized carbons (Fsp3) is 0.882. The third-order valence-electron chi connectivity index (χ3n) is 3.32. The lowest BCUT2D eigenvalue weighted by atomic mass is 10.1. The second-order valence-electron chi connectivity index (χ2n) is 5.19. The van der Waals surface area contributed by atoms with Gasteiger partial charge in [0.25, 0.3) is 0 Å². The molecule has 0 radical (unpaired) electrons. The molecule has 0 unspecified atom stereocenters. The smallest absolute Gasteiger partial charge is 0.0545 e. The van der Waals surface area contributed by atoms with Gasteiger partial charge in [-0.2, -0.15) is 0 Å². The Morgan fingerprint density at radius 3 is 2.00 bits per heavy atom. The molecule has 0 fully saturated rings. The van der Waals surface area contributed by atoms with Gasteiger partial charge in [0.05, 0.1) is 5.75 Å². The number of nitrogens with one attached hydrogen (secondary N) is 1. The molecule has 0 aromatic rings. The van der Waals surface area contributed by atoms with E-state index in [1.165, 1.54) is 70.8 Å².